The first-order chi connectivity index (χ1) is 14.7. The molecular weight excluding hydrogens is 686 g/mol. The molecule has 0 saturated heterocycles. The Labute approximate surface area is 213 Å². The zero-order valence-electron chi connectivity index (χ0n) is 16.9. The van der Waals surface area contributed by atoms with Crippen molar-refractivity contribution in [3.05, 3.63) is 54.7 Å². The summed E-state index contributed by atoms with van der Waals surface area (Å²) in [7, 11) is -5.99. The molecule has 174 valence electrons. The van der Waals surface area contributed by atoms with Gasteiger partial charge in [0.1, 0.15) is 0 Å². The number of carbonyl (C=O) groups excluding carboxylic acids is 2. The second-order valence-electron chi connectivity index (χ2n) is 6.77. The van der Waals surface area contributed by atoms with Crippen molar-refractivity contribution in [2.24, 2.45) is 0 Å². The normalized spacial score (nSPS) is 11.6. The first kappa shape index (κ1) is 26.6. The first-order valence-electron chi connectivity index (χ1n) is 8.81. The fraction of sp³-hybridized carbons (Fsp3) is 0.222. The molecule has 0 aliphatic rings. The van der Waals surface area contributed by atoms with Crippen LogP contribution < -0.4 is 20.1 Å². The third-order valence-corrected chi connectivity index (χ3v) is 7.41. The zero-order valence-corrected chi connectivity index (χ0v) is 22.9. The van der Waals surface area contributed by atoms with Crippen molar-refractivity contribution >= 4 is 88.4 Å². The van der Waals surface area contributed by atoms with E-state index >= 15 is 0 Å². The highest BCUT2D eigenvalue weighted by atomic mass is 127. The predicted molar refractivity (Wildman–Crippen MR) is 140 cm³/mol. The van der Waals surface area contributed by atoms with E-state index in [4.69, 9.17) is 5.73 Å². The number of anilines is 2. The topological polar surface area (TPSA) is 156 Å². The van der Waals surface area contributed by atoms with Crippen LogP contribution in [0.2, 0.25) is 0 Å². The average Bonchev–Trinajstić information content (AvgIpc) is 2.66. The molecule has 0 atom stereocenters. The number of amides is 2. The summed E-state index contributed by atoms with van der Waals surface area (Å²) in [5.74, 6) is -1.94. The number of rotatable bonds is 8. The fourth-order valence-electron chi connectivity index (χ4n) is 2.53. The molecule has 0 saturated carbocycles. The highest BCUT2D eigenvalue weighted by molar-refractivity contribution is 14.1. The number of nitrogens with zero attached hydrogens (tertiary/aromatic N) is 1. The minimum Gasteiger partial charge on any atom is -0.398 e. The molecule has 14 heteroatoms. The summed E-state index contributed by atoms with van der Waals surface area (Å²) in [6.07, 6.45) is 0.879. The van der Waals surface area contributed by atoms with Crippen LogP contribution in [0.3, 0.4) is 0 Å². The lowest BCUT2D eigenvalue weighted by Crippen LogP contribution is -2.37. The summed E-state index contributed by atoms with van der Waals surface area (Å²) < 4.78 is 52.5. The molecule has 2 amide bonds. The van der Waals surface area contributed by atoms with Crippen LogP contribution in [0, 0.1) is 7.14 Å². The molecular formula is C18H20I2N4O6S2. The van der Waals surface area contributed by atoms with Crippen LogP contribution in [0.4, 0.5) is 11.4 Å². The van der Waals surface area contributed by atoms with Crippen LogP contribution in [0.5, 0.6) is 0 Å². The Kier molecular flexibility index (Phi) is 8.74. The van der Waals surface area contributed by atoms with Crippen LogP contribution in [0.15, 0.2) is 36.4 Å². The summed E-state index contributed by atoms with van der Waals surface area (Å²) in [5.41, 5.74) is 6.78. The van der Waals surface area contributed by atoms with Crippen molar-refractivity contribution in [2.45, 2.75) is 0 Å². The van der Waals surface area contributed by atoms with Gasteiger partial charge in [-0.25, -0.2) is 26.3 Å². The maximum Gasteiger partial charge on any atom is 0.266 e. The first-order valence-corrected chi connectivity index (χ1v) is 14.5. The molecule has 4 N–H and O–H groups in total. The minimum absolute atomic E-state index is 0.0509. The van der Waals surface area contributed by atoms with E-state index in [-0.39, 0.29) is 29.1 Å². The van der Waals surface area contributed by atoms with E-state index in [1.54, 1.807) is 24.1 Å². The summed E-state index contributed by atoms with van der Waals surface area (Å²) in [5, 5.41) is 0. The lowest BCUT2D eigenvalue weighted by atomic mass is 10.2. The number of halogens is 2. The number of sulfonamides is 2. The van der Waals surface area contributed by atoms with Gasteiger partial charge in [0.25, 0.3) is 11.8 Å². The van der Waals surface area contributed by atoms with Crippen molar-refractivity contribution in [3.63, 3.8) is 0 Å². The van der Waals surface area contributed by atoms with E-state index in [1.165, 1.54) is 24.3 Å². The van der Waals surface area contributed by atoms with Gasteiger partial charge in [-0.1, -0.05) is 0 Å². The summed E-state index contributed by atoms with van der Waals surface area (Å²) in [6.45, 7) is 0.0509. The Morgan fingerprint density at radius 3 is 2.25 bits per heavy atom. The van der Waals surface area contributed by atoms with Crippen LogP contribution in [0.25, 0.3) is 0 Å². The molecule has 0 unspecified atom stereocenters. The van der Waals surface area contributed by atoms with E-state index in [0.29, 0.717) is 9.26 Å². The summed E-state index contributed by atoms with van der Waals surface area (Å²) in [4.78, 5) is 26.0. The minimum atomic E-state index is -3.95. The summed E-state index contributed by atoms with van der Waals surface area (Å²) >= 11 is 3.95. The maximum absolute atomic E-state index is 12.4. The summed E-state index contributed by atoms with van der Waals surface area (Å²) in [6, 6.07) is 9.23. The van der Waals surface area contributed by atoms with E-state index in [1.807, 2.05) is 54.6 Å². The van der Waals surface area contributed by atoms with Gasteiger partial charge in [-0.15, -0.1) is 0 Å². The van der Waals surface area contributed by atoms with Crippen molar-refractivity contribution in [2.75, 3.05) is 36.2 Å². The molecule has 0 aliphatic heterocycles. The van der Waals surface area contributed by atoms with Gasteiger partial charge in [0.15, 0.2) is 0 Å². The number of nitrogens with two attached hydrogens (primary N) is 1. The standard InChI is InChI=1S/C18H20I2N4O6S2/c1-24(16-6-3-11(9-14(16)20)17(25)22-31(2,27)28)7-8-32(29,30)23-18(26)13-10-12(19)4-5-15(13)21/h3-6,9-10H,7-8,21H2,1-2H3,(H,22,25)(H,23,26). The molecule has 10 nitrogen and oxygen atoms in total. The van der Waals surface area contributed by atoms with E-state index < -0.39 is 31.9 Å². The molecule has 32 heavy (non-hydrogen) atoms. The molecule has 2 aromatic carbocycles. The largest absolute Gasteiger partial charge is 0.398 e. The lowest BCUT2D eigenvalue weighted by Gasteiger charge is -2.21. The van der Waals surface area contributed by atoms with Gasteiger partial charge >= 0.3 is 0 Å². The molecule has 0 bridgehead atoms. The monoisotopic (exact) mass is 706 g/mol. The Balaban J connectivity index is 2.06. The SMILES string of the molecule is CN(CCS(=O)(=O)NC(=O)c1cc(I)ccc1N)c1ccc(C(=O)NS(C)(=O)=O)cc1I. The molecule has 2 rings (SSSR count). The molecule has 2 aromatic rings. The van der Waals surface area contributed by atoms with Crippen LogP contribution >= 0.6 is 45.2 Å². The van der Waals surface area contributed by atoms with Crippen LogP contribution in [-0.2, 0) is 20.0 Å². The number of benzene rings is 2. The van der Waals surface area contributed by atoms with Crippen LogP contribution in [0.1, 0.15) is 20.7 Å². The number of nitrogens with one attached hydrogen (secondary N) is 2. The van der Waals surface area contributed by atoms with E-state index in [9.17, 15) is 26.4 Å². The predicted octanol–water partition coefficient (Wildman–Crippen LogP) is 1.36. The van der Waals surface area contributed by atoms with Crippen molar-refractivity contribution in [1.29, 1.82) is 0 Å². The van der Waals surface area contributed by atoms with E-state index in [0.717, 1.165) is 9.83 Å². The van der Waals surface area contributed by atoms with Crippen LogP contribution in [-0.4, -0.2) is 54.3 Å². The number of nitrogen functional groups attached to an aromatic ring is 1. The highest BCUT2D eigenvalue weighted by Gasteiger charge is 2.20. The van der Waals surface area contributed by atoms with Gasteiger partial charge < -0.3 is 10.6 Å². The Morgan fingerprint density at radius 2 is 1.66 bits per heavy atom. The van der Waals surface area contributed by atoms with Gasteiger partial charge in [0.2, 0.25) is 20.0 Å². The van der Waals surface area contributed by atoms with Crippen molar-refractivity contribution in [3.8, 4) is 0 Å². The second-order valence-corrected chi connectivity index (χ2v) is 12.8. The van der Waals surface area contributed by atoms with E-state index in [2.05, 4.69) is 0 Å². The third kappa shape index (κ3) is 7.73. The Bertz CT molecular complexity index is 1270. The van der Waals surface area contributed by atoms with Crippen molar-refractivity contribution < 1.29 is 26.4 Å². The number of hydrogen-bond donors (Lipinski definition) is 3. The third-order valence-electron chi connectivity index (χ3n) is 4.10. The van der Waals surface area contributed by atoms with Crippen molar-refractivity contribution in [1.82, 2.24) is 9.44 Å². The number of carbonyl (C=O) groups is 2. The molecule has 0 radical (unpaired) electrons. The maximum atomic E-state index is 12.4. The Hall–Kier alpha value is -1.66. The molecule has 0 fully saturated rings. The van der Waals surface area contributed by atoms with Gasteiger partial charge in [-0.3, -0.25) is 9.59 Å². The van der Waals surface area contributed by atoms with Gasteiger partial charge in [0.05, 0.1) is 17.6 Å². The quantitative estimate of drug-likeness (QED) is 0.275. The average molecular weight is 706 g/mol. The molecule has 0 aliphatic carbocycles. The smallest absolute Gasteiger partial charge is 0.266 e. The van der Waals surface area contributed by atoms with Gasteiger partial charge in [-0.2, -0.15) is 0 Å². The second kappa shape index (κ2) is 10.5. The van der Waals surface area contributed by atoms with Gasteiger partial charge in [-0.05, 0) is 81.6 Å². The molecule has 0 aromatic heterocycles. The molecule has 0 heterocycles. The van der Waals surface area contributed by atoms with Gasteiger partial charge in [0, 0.05) is 37.7 Å². The Morgan fingerprint density at radius 1 is 1.00 bits per heavy atom. The molecule has 0 spiro atoms. The fourth-order valence-corrected chi connectivity index (χ4v) is 5.42. The number of hydrogen-bond acceptors (Lipinski definition) is 8. The zero-order chi connectivity index (χ0) is 24.3. The lowest BCUT2D eigenvalue weighted by molar-refractivity contribution is 0.0973. The highest BCUT2D eigenvalue weighted by Crippen LogP contribution is 2.23.